The number of aliphatic hydroxyl groups is 5. The van der Waals surface area contributed by atoms with Crippen LogP contribution in [-0.4, -0.2) is 96.7 Å². The number of allylic oxidation sites excluding steroid dienone is 3. The lowest BCUT2D eigenvalue weighted by Gasteiger charge is -2.59. The van der Waals surface area contributed by atoms with E-state index in [1.807, 2.05) is 6.08 Å². The van der Waals surface area contributed by atoms with Gasteiger partial charge in [0.2, 0.25) is 0 Å². The van der Waals surface area contributed by atoms with Crippen molar-refractivity contribution in [3.05, 3.63) is 48.1 Å². The number of rotatable bonds is 14. The average Bonchev–Trinajstić information content (AvgIpc) is 3.71. The number of esters is 2. The van der Waals surface area contributed by atoms with E-state index >= 15 is 0 Å². The second-order valence-electron chi connectivity index (χ2n) is 13.9. The Morgan fingerprint density at radius 2 is 1.66 bits per heavy atom. The molecule has 0 aromatic heterocycles. The highest BCUT2D eigenvalue weighted by atomic mass is 16.6. The van der Waals surface area contributed by atoms with Crippen molar-refractivity contribution in [2.45, 2.75) is 133 Å². The molecule has 4 rings (SSSR count). The second-order valence-corrected chi connectivity index (χ2v) is 13.9. The Kier molecular flexibility index (Phi) is 11.1. The summed E-state index contributed by atoms with van der Waals surface area (Å²) in [5.41, 5.74) is -9.06. The lowest BCUT2D eigenvalue weighted by atomic mass is 9.53. The van der Waals surface area contributed by atoms with E-state index in [0.29, 0.717) is 0 Å². The summed E-state index contributed by atoms with van der Waals surface area (Å²) in [7, 11) is 0. The molecule has 0 radical (unpaired) electrons. The number of ether oxygens (including phenoxy) is 3. The van der Waals surface area contributed by atoms with Crippen molar-refractivity contribution in [3.8, 4) is 0 Å². The van der Waals surface area contributed by atoms with Crippen LogP contribution < -0.4 is 0 Å². The number of ketones is 1. The molecule has 0 spiro atoms. The minimum Gasteiger partial charge on any atom is -0.459 e. The maximum Gasteiger partial charge on any atom is 0.331 e. The Labute approximate surface area is 277 Å². The van der Waals surface area contributed by atoms with Gasteiger partial charge in [-0.15, -0.1) is 0 Å². The van der Waals surface area contributed by atoms with Gasteiger partial charge >= 0.3 is 11.9 Å². The Morgan fingerprint density at radius 1 is 1.02 bits per heavy atom. The van der Waals surface area contributed by atoms with Crippen LogP contribution in [0.1, 0.15) is 86.0 Å². The maximum absolute atomic E-state index is 13.4. The van der Waals surface area contributed by atoms with Crippen molar-refractivity contribution in [3.63, 3.8) is 0 Å². The summed E-state index contributed by atoms with van der Waals surface area (Å²) in [6.07, 6.45) is 10.1. The predicted octanol–water partition coefficient (Wildman–Crippen LogP) is 2.77. The van der Waals surface area contributed by atoms with Gasteiger partial charge in [0.25, 0.3) is 0 Å². The molecule has 1 saturated heterocycles. The normalized spacial score (nSPS) is 40.8. The molecule has 0 aromatic carbocycles. The van der Waals surface area contributed by atoms with Gasteiger partial charge in [-0.25, -0.2) is 4.79 Å². The topological polar surface area (TPSA) is 183 Å². The van der Waals surface area contributed by atoms with Crippen molar-refractivity contribution < 1.29 is 54.1 Å². The van der Waals surface area contributed by atoms with Gasteiger partial charge in [0.05, 0.1) is 18.1 Å². The Morgan fingerprint density at radius 3 is 2.26 bits per heavy atom. The van der Waals surface area contributed by atoms with Crippen LogP contribution in [0.4, 0.5) is 0 Å². The van der Waals surface area contributed by atoms with Crippen molar-refractivity contribution in [1.82, 2.24) is 0 Å². The van der Waals surface area contributed by atoms with Gasteiger partial charge in [0.1, 0.15) is 30.0 Å². The summed E-state index contributed by atoms with van der Waals surface area (Å²) >= 11 is 0. The van der Waals surface area contributed by atoms with Gasteiger partial charge in [-0.2, -0.15) is 0 Å². The molecule has 3 fully saturated rings. The number of fused-ring (bicyclic) bond motifs is 5. The first-order valence-corrected chi connectivity index (χ1v) is 16.8. The third-order valence-electron chi connectivity index (χ3n) is 10.9. The summed E-state index contributed by atoms with van der Waals surface area (Å²) in [6, 6.07) is 0. The molecular formula is C36H52O11. The molecule has 0 unspecified atom stereocenters. The van der Waals surface area contributed by atoms with Crippen LogP contribution in [0.25, 0.3) is 0 Å². The van der Waals surface area contributed by atoms with Crippen LogP contribution in [-0.2, 0) is 28.6 Å². The summed E-state index contributed by atoms with van der Waals surface area (Å²) < 4.78 is 17.4. The third-order valence-corrected chi connectivity index (χ3v) is 10.9. The first-order valence-electron chi connectivity index (χ1n) is 16.8. The minimum absolute atomic E-state index is 0.0403. The number of Topliss-reactive ketones (excluding diaryl/α,β-unsaturated/α-hetero) is 1. The van der Waals surface area contributed by atoms with Crippen LogP contribution in [0, 0.1) is 17.8 Å². The fourth-order valence-corrected chi connectivity index (χ4v) is 8.29. The number of carbonyl (C=O) groups is 3. The van der Waals surface area contributed by atoms with E-state index in [4.69, 9.17) is 14.2 Å². The number of aliphatic hydroxyl groups excluding tert-OH is 2. The number of unbranched alkanes of at least 4 members (excludes halogenated alkanes) is 7. The van der Waals surface area contributed by atoms with Crippen LogP contribution in [0.2, 0.25) is 0 Å². The summed E-state index contributed by atoms with van der Waals surface area (Å²) in [4.78, 5) is 39.2. The van der Waals surface area contributed by atoms with E-state index < -0.39 is 88.9 Å². The van der Waals surface area contributed by atoms with Gasteiger partial charge < -0.3 is 39.7 Å². The van der Waals surface area contributed by atoms with E-state index in [2.05, 4.69) is 13.5 Å². The average molecular weight is 661 g/mol. The number of hydrogen-bond acceptors (Lipinski definition) is 11. The summed E-state index contributed by atoms with van der Waals surface area (Å²) in [6.45, 7) is 10.7. The largest absolute Gasteiger partial charge is 0.459 e. The molecule has 11 nitrogen and oxygen atoms in total. The van der Waals surface area contributed by atoms with E-state index in [9.17, 15) is 39.9 Å². The van der Waals surface area contributed by atoms with Crippen molar-refractivity contribution >= 4 is 17.7 Å². The Bertz CT molecular complexity index is 1320. The zero-order chi connectivity index (χ0) is 34.9. The molecule has 0 amide bonds. The van der Waals surface area contributed by atoms with Crippen LogP contribution in [0.3, 0.4) is 0 Å². The molecule has 11 heteroatoms. The molecule has 1 aliphatic heterocycles. The fourth-order valence-electron chi connectivity index (χ4n) is 8.29. The first kappa shape index (κ1) is 37.2. The molecule has 2 saturated carbocycles. The summed E-state index contributed by atoms with van der Waals surface area (Å²) in [5.74, 6) is -6.79. The van der Waals surface area contributed by atoms with Crippen molar-refractivity contribution in [1.29, 1.82) is 0 Å². The third kappa shape index (κ3) is 6.08. The number of hydrogen-bond donors (Lipinski definition) is 5. The maximum atomic E-state index is 13.4. The number of epoxide rings is 1. The minimum atomic E-state index is -2.65. The SMILES string of the molecule is C=C(C)[C@@]1(O)[C@H](OC(=O)/C=C/C=C/CCCCCCCCC)[C@@H]2[C@@H]3O[C@]3(CO)[C@@H](O)[C@]3(O)C(=O)C(C)=C[C@H]3[C@@]2(O)[C@H](C)[C@H]1OC(C)=O. The Hall–Kier alpha value is -2.67. The molecule has 11 atom stereocenters. The molecule has 0 aromatic rings. The van der Waals surface area contributed by atoms with Gasteiger partial charge in [-0.05, 0) is 37.8 Å². The highest BCUT2D eigenvalue weighted by molar-refractivity contribution is 6.05. The van der Waals surface area contributed by atoms with Gasteiger partial charge in [0, 0.05) is 24.8 Å². The Balaban J connectivity index is 1.69. The van der Waals surface area contributed by atoms with Crippen LogP contribution in [0.5, 0.6) is 0 Å². The molecule has 5 N–H and O–H groups in total. The smallest absolute Gasteiger partial charge is 0.331 e. The standard InChI is InChI=1S/C36H52O11/c1-7-8-9-10-11-12-13-14-15-16-17-18-26(39)46-31-27-30-33(20-37,47-30)32(41)36(44)25(19-22(4)28(36)40)35(27,43)23(5)29(45-24(6)38)34(31,42)21(2)3/h15-19,23,25,27,29-32,37,41-44H,2,7-14,20H2,1,3-6H3/b16-15+,18-17+/t23-,25+,27+,29-,30+,31-,32-,33+,34+,35+,36-/m1/s1. The van der Waals surface area contributed by atoms with E-state index in [1.165, 1.54) is 65.0 Å². The predicted molar refractivity (Wildman–Crippen MR) is 172 cm³/mol. The monoisotopic (exact) mass is 660 g/mol. The fraction of sp³-hybridized carbons (Fsp3) is 0.694. The van der Waals surface area contributed by atoms with Crippen molar-refractivity contribution in [2.75, 3.05) is 6.61 Å². The van der Waals surface area contributed by atoms with Gasteiger partial charge in [-0.3, -0.25) is 9.59 Å². The molecule has 3 aliphatic carbocycles. The van der Waals surface area contributed by atoms with Gasteiger partial charge in [-0.1, -0.05) is 83.3 Å². The lowest BCUT2D eigenvalue weighted by Crippen LogP contribution is -2.76. The zero-order valence-corrected chi connectivity index (χ0v) is 28.2. The van der Waals surface area contributed by atoms with E-state index in [0.717, 1.165) is 32.3 Å². The quantitative estimate of drug-likeness (QED) is 0.0461. The van der Waals surface area contributed by atoms with Crippen molar-refractivity contribution in [2.24, 2.45) is 17.8 Å². The highest BCUT2D eigenvalue weighted by Crippen LogP contribution is 2.66. The molecular weight excluding hydrogens is 608 g/mol. The zero-order valence-electron chi connectivity index (χ0n) is 28.2. The lowest BCUT2D eigenvalue weighted by molar-refractivity contribution is -0.287. The molecule has 0 bridgehead atoms. The van der Waals surface area contributed by atoms with Crippen LogP contribution in [0.15, 0.2) is 48.1 Å². The molecule has 4 aliphatic rings. The van der Waals surface area contributed by atoms with Gasteiger partial charge in [0.15, 0.2) is 17.0 Å². The molecule has 1 heterocycles. The van der Waals surface area contributed by atoms with E-state index in [-0.39, 0.29) is 11.1 Å². The van der Waals surface area contributed by atoms with Crippen LogP contribution >= 0.6 is 0 Å². The first-order chi connectivity index (χ1) is 22.1. The van der Waals surface area contributed by atoms with E-state index in [1.54, 1.807) is 6.08 Å². The summed E-state index contributed by atoms with van der Waals surface area (Å²) in [5, 5.41) is 59.1. The molecule has 47 heavy (non-hydrogen) atoms. The second kappa shape index (κ2) is 14.1. The number of carbonyl (C=O) groups excluding carboxylic acids is 3. The molecule has 262 valence electrons. The highest BCUT2D eigenvalue weighted by Gasteiger charge is 2.85.